The average molecular weight is 535 g/mol. The van der Waals surface area contributed by atoms with Crippen molar-refractivity contribution in [2.45, 2.75) is 45.8 Å². The van der Waals surface area contributed by atoms with Crippen molar-refractivity contribution in [1.29, 1.82) is 0 Å². The van der Waals surface area contributed by atoms with Crippen molar-refractivity contribution in [3.8, 4) is 16.9 Å². The standard InChI is InChI=1S/C29H38N6O4/c1-18(2)31-29(37)35-11-9-34(10-12-35)25-16-20(5-6-23(25)28(36)30-4)21-15-24-27(19(3)32-33-24)26(17-21)39-22-7-13-38-14-8-22/h5-6,15-18,22H,7-14H2,1-4H3,(H,30,36)(H,31,37)(H,32,33). The number of carbonyl (C=O) groups is 2. The molecule has 1 aromatic heterocycles. The van der Waals surface area contributed by atoms with E-state index in [4.69, 9.17) is 9.47 Å². The molecule has 0 atom stereocenters. The predicted molar refractivity (Wildman–Crippen MR) is 152 cm³/mol. The fraction of sp³-hybridized carbons (Fsp3) is 0.483. The first-order valence-electron chi connectivity index (χ1n) is 13.7. The van der Waals surface area contributed by atoms with Crippen LogP contribution in [0.4, 0.5) is 10.5 Å². The van der Waals surface area contributed by atoms with E-state index in [0.717, 1.165) is 52.0 Å². The number of aryl methyl sites for hydroxylation is 1. The van der Waals surface area contributed by atoms with E-state index in [1.54, 1.807) is 7.05 Å². The molecule has 10 heteroatoms. The maximum absolute atomic E-state index is 12.8. The van der Waals surface area contributed by atoms with E-state index < -0.39 is 0 Å². The number of anilines is 1. The molecule has 2 fully saturated rings. The zero-order valence-corrected chi connectivity index (χ0v) is 23.2. The summed E-state index contributed by atoms with van der Waals surface area (Å²) in [5.74, 6) is 0.669. The number of hydrogen-bond acceptors (Lipinski definition) is 6. The summed E-state index contributed by atoms with van der Waals surface area (Å²) in [6.45, 7) is 9.73. The highest BCUT2D eigenvalue weighted by Crippen LogP contribution is 2.37. The second-order valence-electron chi connectivity index (χ2n) is 10.5. The Balaban J connectivity index is 1.47. The van der Waals surface area contributed by atoms with Gasteiger partial charge in [0.1, 0.15) is 11.9 Å². The number of amides is 3. The topological polar surface area (TPSA) is 112 Å². The SMILES string of the molecule is CNC(=O)c1ccc(-c2cc(OC3CCOCC3)c3c(C)n[nH]c3c2)cc1N1CCN(C(=O)NC(C)C)CC1. The minimum absolute atomic E-state index is 0.0508. The van der Waals surface area contributed by atoms with Crippen LogP contribution in [0.1, 0.15) is 42.7 Å². The normalized spacial score (nSPS) is 16.5. The molecule has 0 unspecified atom stereocenters. The number of nitrogens with zero attached hydrogens (tertiary/aromatic N) is 3. The Hall–Kier alpha value is -3.79. The number of H-pyrrole nitrogens is 1. The number of aromatic nitrogens is 2. The van der Waals surface area contributed by atoms with Gasteiger partial charge in [-0.2, -0.15) is 5.10 Å². The van der Waals surface area contributed by atoms with Gasteiger partial charge in [-0.25, -0.2) is 4.79 Å². The van der Waals surface area contributed by atoms with Gasteiger partial charge in [0.2, 0.25) is 0 Å². The highest BCUT2D eigenvalue weighted by molar-refractivity contribution is 6.01. The van der Waals surface area contributed by atoms with Crippen molar-refractivity contribution in [1.82, 2.24) is 25.7 Å². The summed E-state index contributed by atoms with van der Waals surface area (Å²) in [4.78, 5) is 29.3. The third-order valence-corrected chi connectivity index (χ3v) is 7.39. The van der Waals surface area contributed by atoms with Gasteiger partial charge in [-0.05, 0) is 56.2 Å². The lowest BCUT2D eigenvalue weighted by Crippen LogP contribution is -2.53. The number of piperazine rings is 1. The van der Waals surface area contributed by atoms with Gasteiger partial charge in [-0.15, -0.1) is 0 Å². The summed E-state index contributed by atoms with van der Waals surface area (Å²) in [7, 11) is 1.64. The number of ether oxygens (including phenoxy) is 2. The first-order valence-corrected chi connectivity index (χ1v) is 13.7. The van der Waals surface area contributed by atoms with Gasteiger partial charge >= 0.3 is 6.03 Å². The second kappa shape index (κ2) is 11.5. The minimum Gasteiger partial charge on any atom is -0.489 e. The number of rotatable bonds is 6. The Labute approximate surface area is 229 Å². The number of hydrogen-bond donors (Lipinski definition) is 3. The summed E-state index contributed by atoms with van der Waals surface area (Å²) in [6.07, 6.45) is 1.81. The summed E-state index contributed by atoms with van der Waals surface area (Å²) in [5.41, 5.74) is 5.22. The van der Waals surface area contributed by atoms with Gasteiger partial charge in [0.15, 0.2) is 0 Å². The minimum atomic E-state index is -0.139. The Bertz CT molecular complexity index is 1340. The maximum Gasteiger partial charge on any atom is 0.317 e. The van der Waals surface area contributed by atoms with Crippen LogP contribution in [0.25, 0.3) is 22.0 Å². The molecular weight excluding hydrogens is 496 g/mol. The fourth-order valence-electron chi connectivity index (χ4n) is 5.30. The van der Waals surface area contributed by atoms with E-state index in [1.165, 1.54) is 0 Å². The van der Waals surface area contributed by atoms with Crippen LogP contribution in [0.2, 0.25) is 0 Å². The molecule has 3 aromatic rings. The molecule has 5 rings (SSSR count). The third kappa shape index (κ3) is 5.80. The summed E-state index contributed by atoms with van der Waals surface area (Å²) < 4.78 is 12.0. The second-order valence-corrected chi connectivity index (χ2v) is 10.5. The van der Waals surface area contributed by atoms with Crippen molar-refractivity contribution >= 4 is 28.5 Å². The van der Waals surface area contributed by atoms with Crippen molar-refractivity contribution in [3.05, 3.63) is 41.6 Å². The highest BCUT2D eigenvalue weighted by Gasteiger charge is 2.25. The maximum atomic E-state index is 12.8. The van der Waals surface area contributed by atoms with Crippen molar-refractivity contribution in [3.63, 3.8) is 0 Å². The molecular formula is C29H38N6O4. The van der Waals surface area contributed by atoms with Crippen molar-refractivity contribution in [2.75, 3.05) is 51.3 Å². The number of nitrogens with one attached hydrogen (secondary N) is 3. The number of aromatic amines is 1. The molecule has 3 amide bonds. The molecule has 3 N–H and O–H groups in total. The third-order valence-electron chi connectivity index (χ3n) is 7.39. The molecule has 2 aliphatic rings. The Morgan fingerprint density at radius 1 is 1.08 bits per heavy atom. The molecule has 39 heavy (non-hydrogen) atoms. The molecule has 0 bridgehead atoms. The molecule has 0 saturated carbocycles. The van der Waals surface area contributed by atoms with E-state index in [0.29, 0.717) is 45.0 Å². The van der Waals surface area contributed by atoms with Crippen LogP contribution in [0.15, 0.2) is 30.3 Å². The number of benzene rings is 2. The highest BCUT2D eigenvalue weighted by atomic mass is 16.5. The molecule has 0 radical (unpaired) electrons. The summed E-state index contributed by atoms with van der Waals surface area (Å²) >= 11 is 0. The monoisotopic (exact) mass is 534 g/mol. The predicted octanol–water partition coefficient (Wildman–Crippen LogP) is 3.70. The molecule has 10 nitrogen and oxygen atoms in total. The van der Waals surface area contributed by atoms with E-state index in [1.807, 2.05) is 37.8 Å². The zero-order valence-electron chi connectivity index (χ0n) is 23.2. The Morgan fingerprint density at radius 2 is 1.82 bits per heavy atom. The van der Waals surface area contributed by atoms with Crippen LogP contribution in [0.3, 0.4) is 0 Å². The van der Waals surface area contributed by atoms with Gasteiger partial charge in [0, 0.05) is 52.1 Å². The van der Waals surface area contributed by atoms with Crippen LogP contribution < -0.4 is 20.3 Å². The van der Waals surface area contributed by atoms with E-state index in [-0.39, 0.29) is 24.1 Å². The first-order chi connectivity index (χ1) is 18.8. The van der Waals surface area contributed by atoms with Crippen LogP contribution in [-0.2, 0) is 4.74 Å². The van der Waals surface area contributed by atoms with E-state index >= 15 is 0 Å². The smallest absolute Gasteiger partial charge is 0.317 e. The lowest BCUT2D eigenvalue weighted by atomic mass is 9.99. The Morgan fingerprint density at radius 3 is 2.51 bits per heavy atom. The molecule has 208 valence electrons. The lowest BCUT2D eigenvalue weighted by Gasteiger charge is -2.37. The van der Waals surface area contributed by atoms with Gasteiger partial charge < -0.3 is 29.9 Å². The quantitative estimate of drug-likeness (QED) is 0.445. The zero-order chi connectivity index (χ0) is 27.5. The average Bonchev–Trinajstić information content (AvgIpc) is 3.33. The van der Waals surface area contributed by atoms with Gasteiger partial charge in [-0.1, -0.05) is 6.07 Å². The first kappa shape index (κ1) is 26.8. The van der Waals surface area contributed by atoms with Crippen LogP contribution in [0.5, 0.6) is 5.75 Å². The largest absolute Gasteiger partial charge is 0.489 e. The van der Waals surface area contributed by atoms with E-state index in [9.17, 15) is 9.59 Å². The van der Waals surface area contributed by atoms with Crippen molar-refractivity contribution < 1.29 is 19.1 Å². The summed E-state index contributed by atoms with van der Waals surface area (Å²) in [5, 5.41) is 14.3. The molecule has 2 saturated heterocycles. The van der Waals surface area contributed by atoms with Crippen LogP contribution >= 0.6 is 0 Å². The summed E-state index contributed by atoms with van der Waals surface area (Å²) in [6, 6.07) is 10.1. The van der Waals surface area contributed by atoms with Crippen LogP contribution in [0, 0.1) is 6.92 Å². The lowest BCUT2D eigenvalue weighted by molar-refractivity contribution is 0.0262. The fourth-order valence-corrected chi connectivity index (χ4v) is 5.30. The van der Waals surface area contributed by atoms with E-state index in [2.05, 4.69) is 43.9 Å². The van der Waals surface area contributed by atoms with Gasteiger partial charge in [0.25, 0.3) is 5.91 Å². The van der Waals surface area contributed by atoms with Gasteiger partial charge in [-0.3, -0.25) is 9.89 Å². The van der Waals surface area contributed by atoms with Crippen molar-refractivity contribution in [2.24, 2.45) is 0 Å². The number of carbonyl (C=O) groups excluding carboxylic acids is 2. The van der Waals surface area contributed by atoms with Gasteiger partial charge in [0.05, 0.1) is 41.1 Å². The number of urea groups is 1. The molecule has 0 spiro atoms. The molecule has 2 aromatic carbocycles. The Kier molecular flexibility index (Phi) is 7.92. The van der Waals surface area contributed by atoms with Crippen LogP contribution in [-0.4, -0.2) is 85.6 Å². The molecule has 2 aliphatic heterocycles. The molecule has 3 heterocycles. The molecule has 0 aliphatic carbocycles. The number of fused-ring (bicyclic) bond motifs is 1.